The molecular weight excluding hydrogens is 234 g/mol. The molecule has 92 valence electrons. The molecule has 0 saturated heterocycles. The molecule has 2 amide bonds. The molecule has 0 radical (unpaired) electrons. The molecule has 18 heavy (non-hydrogen) atoms. The van der Waals surface area contributed by atoms with Crippen molar-refractivity contribution in [1.82, 2.24) is 4.90 Å². The Morgan fingerprint density at radius 3 is 1.89 bits per heavy atom. The lowest BCUT2D eigenvalue weighted by Crippen LogP contribution is -2.32. The fourth-order valence-corrected chi connectivity index (χ4v) is 1.81. The smallest absolute Gasteiger partial charge is 0.265 e. The summed E-state index contributed by atoms with van der Waals surface area (Å²) in [7, 11) is 0. The lowest BCUT2D eigenvalue weighted by Gasteiger charge is -2.17. The lowest BCUT2D eigenvalue weighted by atomic mass is 10.1. The molecule has 0 bridgehead atoms. The number of hydrogen-bond donors (Lipinski definition) is 0. The van der Waals surface area contributed by atoms with Crippen LogP contribution in [0.2, 0.25) is 0 Å². The predicted molar refractivity (Wildman–Crippen MR) is 60.3 cm³/mol. The van der Waals surface area contributed by atoms with Crippen LogP contribution in [-0.4, -0.2) is 22.7 Å². The molecule has 2 rings (SSSR count). The topological polar surface area (TPSA) is 77.5 Å². The number of allylic oxidation sites excluding steroid dienone is 1. The minimum absolute atomic E-state index is 0.0844. The van der Waals surface area contributed by atoms with Gasteiger partial charge in [-0.15, -0.1) is 0 Å². The Morgan fingerprint density at radius 2 is 1.50 bits per heavy atom. The monoisotopic (exact) mass is 244 g/mol. The third-order valence-corrected chi connectivity index (χ3v) is 2.98. The zero-order chi connectivity index (χ0) is 13.4. The highest BCUT2D eigenvalue weighted by Crippen LogP contribution is 2.26. The van der Waals surface area contributed by atoms with E-state index in [1.807, 2.05) is 0 Å². The lowest BCUT2D eigenvalue weighted by molar-refractivity contribution is -0.299. The Morgan fingerprint density at radius 1 is 1.06 bits per heavy atom. The Kier molecular flexibility index (Phi) is 2.74. The van der Waals surface area contributed by atoms with E-state index in [0.29, 0.717) is 0 Å². The first-order chi connectivity index (χ1) is 8.45. The van der Waals surface area contributed by atoms with Crippen molar-refractivity contribution in [3.05, 3.63) is 46.7 Å². The van der Waals surface area contributed by atoms with Crippen molar-refractivity contribution >= 4 is 17.8 Å². The minimum Gasteiger partial charge on any atom is -0.545 e. The molecule has 1 aliphatic heterocycles. The van der Waals surface area contributed by atoms with Gasteiger partial charge in [-0.25, -0.2) is 4.90 Å². The van der Waals surface area contributed by atoms with Gasteiger partial charge >= 0.3 is 0 Å². The Hall–Kier alpha value is -2.43. The fraction of sp³-hybridized carbons (Fsp3) is 0.154. The molecule has 0 aromatic heterocycles. The van der Waals surface area contributed by atoms with E-state index in [1.54, 1.807) is 12.1 Å². The van der Waals surface area contributed by atoms with E-state index in [0.717, 1.165) is 4.90 Å². The first-order valence-corrected chi connectivity index (χ1v) is 5.31. The van der Waals surface area contributed by atoms with Gasteiger partial charge in [-0.2, -0.15) is 0 Å². The van der Waals surface area contributed by atoms with Crippen LogP contribution in [0.5, 0.6) is 0 Å². The summed E-state index contributed by atoms with van der Waals surface area (Å²) in [6.07, 6.45) is 0. The molecule has 0 fully saturated rings. The van der Waals surface area contributed by atoms with Crippen LogP contribution in [0.25, 0.3) is 0 Å². The summed E-state index contributed by atoms with van der Waals surface area (Å²) in [5.74, 6) is -2.41. The average molecular weight is 244 g/mol. The van der Waals surface area contributed by atoms with Gasteiger partial charge in [0.2, 0.25) is 0 Å². The van der Waals surface area contributed by atoms with Gasteiger partial charge in [-0.1, -0.05) is 12.1 Å². The quantitative estimate of drug-likeness (QED) is 0.554. The average Bonchev–Trinajstić information content (AvgIpc) is 2.61. The van der Waals surface area contributed by atoms with Crippen molar-refractivity contribution in [2.75, 3.05) is 0 Å². The van der Waals surface area contributed by atoms with Gasteiger partial charge in [-0.3, -0.25) is 9.59 Å². The SMILES string of the molecule is C/C(C(=O)[O-])=C(/C)N1C(=O)c2ccccc2C1=O. The standard InChI is InChI=1S/C13H11NO4/c1-7(13(17)18)8(2)14-11(15)9-5-3-4-6-10(9)12(14)16/h3-6H,1-2H3,(H,17,18)/p-1/b8-7+. The second kappa shape index (κ2) is 4.10. The van der Waals surface area contributed by atoms with E-state index in [-0.39, 0.29) is 22.4 Å². The number of imide groups is 1. The first kappa shape index (κ1) is 12.0. The summed E-state index contributed by atoms with van der Waals surface area (Å²) >= 11 is 0. The summed E-state index contributed by atoms with van der Waals surface area (Å²) in [4.78, 5) is 35.7. The van der Waals surface area contributed by atoms with Gasteiger partial charge in [0.25, 0.3) is 11.8 Å². The number of benzene rings is 1. The van der Waals surface area contributed by atoms with Crippen LogP contribution >= 0.6 is 0 Å². The Bertz CT molecular complexity index is 566. The van der Waals surface area contributed by atoms with E-state index in [9.17, 15) is 19.5 Å². The number of carbonyl (C=O) groups excluding carboxylic acids is 3. The van der Waals surface area contributed by atoms with Crippen molar-refractivity contribution in [3.8, 4) is 0 Å². The maximum absolute atomic E-state index is 12.0. The van der Waals surface area contributed by atoms with Crippen molar-refractivity contribution in [1.29, 1.82) is 0 Å². The van der Waals surface area contributed by atoms with Crippen LogP contribution in [0, 0.1) is 0 Å². The first-order valence-electron chi connectivity index (χ1n) is 5.31. The normalized spacial score (nSPS) is 15.6. The minimum atomic E-state index is -1.40. The molecule has 0 aliphatic carbocycles. The number of fused-ring (bicyclic) bond motifs is 1. The summed E-state index contributed by atoms with van der Waals surface area (Å²) < 4.78 is 0. The molecule has 1 aromatic rings. The number of rotatable bonds is 2. The molecule has 0 atom stereocenters. The maximum Gasteiger partial charge on any atom is 0.265 e. The van der Waals surface area contributed by atoms with Gasteiger partial charge < -0.3 is 9.90 Å². The van der Waals surface area contributed by atoms with Crippen LogP contribution in [0.3, 0.4) is 0 Å². The zero-order valence-corrected chi connectivity index (χ0v) is 9.89. The van der Waals surface area contributed by atoms with Crippen molar-refractivity contribution < 1.29 is 19.5 Å². The van der Waals surface area contributed by atoms with Gasteiger partial charge in [-0.05, 0) is 31.6 Å². The number of aliphatic carboxylic acids is 1. The highest BCUT2D eigenvalue weighted by Gasteiger charge is 2.36. The summed E-state index contributed by atoms with van der Waals surface area (Å²) in [6, 6.07) is 6.38. The van der Waals surface area contributed by atoms with Gasteiger partial charge in [0.15, 0.2) is 0 Å². The molecule has 5 nitrogen and oxygen atoms in total. The summed E-state index contributed by atoms with van der Waals surface area (Å²) in [5.41, 5.74) is 0.520. The summed E-state index contributed by atoms with van der Waals surface area (Å²) in [6.45, 7) is 2.71. The number of carboxylic acids is 1. The van der Waals surface area contributed by atoms with Gasteiger partial charge in [0.1, 0.15) is 0 Å². The fourth-order valence-electron chi connectivity index (χ4n) is 1.81. The van der Waals surface area contributed by atoms with Crippen LogP contribution < -0.4 is 5.11 Å². The molecule has 0 saturated carbocycles. The molecule has 1 aromatic carbocycles. The predicted octanol–water partition coefficient (Wildman–Crippen LogP) is 0.326. The number of carbonyl (C=O) groups is 3. The van der Waals surface area contributed by atoms with Crippen molar-refractivity contribution in [2.45, 2.75) is 13.8 Å². The third-order valence-electron chi connectivity index (χ3n) is 2.98. The number of amides is 2. The molecule has 1 aliphatic rings. The maximum atomic E-state index is 12.0. The van der Waals surface area contributed by atoms with Crippen LogP contribution in [0.15, 0.2) is 35.5 Å². The van der Waals surface area contributed by atoms with E-state index in [4.69, 9.17) is 0 Å². The highest BCUT2D eigenvalue weighted by atomic mass is 16.4. The number of carboxylic acid groups (broad SMARTS) is 1. The van der Waals surface area contributed by atoms with Crippen molar-refractivity contribution in [2.24, 2.45) is 0 Å². The molecule has 0 spiro atoms. The van der Waals surface area contributed by atoms with Crippen LogP contribution in [-0.2, 0) is 4.79 Å². The Labute approximate surface area is 103 Å². The van der Waals surface area contributed by atoms with E-state index < -0.39 is 17.8 Å². The second-order valence-corrected chi connectivity index (χ2v) is 3.99. The largest absolute Gasteiger partial charge is 0.545 e. The van der Waals surface area contributed by atoms with Crippen LogP contribution in [0.1, 0.15) is 34.6 Å². The molecule has 5 heteroatoms. The van der Waals surface area contributed by atoms with Crippen molar-refractivity contribution in [3.63, 3.8) is 0 Å². The summed E-state index contributed by atoms with van der Waals surface area (Å²) in [5, 5.41) is 10.8. The van der Waals surface area contributed by atoms with E-state index >= 15 is 0 Å². The third kappa shape index (κ3) is 1.60. The molecule has 1 heterocycles. The van der Waals surface area contributed by atoms with E-state index in [1.165, 1.54) is 26.0 Å². The molecule has 0 N–H and O–H groups in total. The number of hydrogen-bond acceptors (Lipinski definition) is 4. The molecular formula is C13H10NO4-. The number of nitrogens with zero attached hydrogens (tertiary/aromatic N) is 1. The Balaban J connectivity index is 2.53. The highest BCUT2D eigenvalue weighted by molar-refractivity contribution is 6.22. The second-order valence-electron chi connectivity index (χ2n) is 3.99. The van der Waals surface area contributed by atoms with Gasteiger partial charge in [0.05, 0.1) is 17.1 Å². The van der Waals surface area contributed by atoms with Gasteiger partial charge in [0, 0.05) is 5.70 Å². The molecule has 0 unspecified atom stereocenters. The van der Waals surface area contributed by atoms with Crippen LogP contribution in [0.4, 0.5) is 0 Å². The van der Waals surface area contributed by atoms with E-state index in [2.05, 4.69) is 0 Å². The zero-order valence-electron chi connectivity index (χ0n) is 9.89.